The standard InChI is InChI=1S/C28H30N2O4S/c31-28-25-13-5-7-15-27(25)35(32,33)30(28)19-9-8-18-29(20-22-10-2-1-3-11-22)21-24-17-16-23-12-4-6-14-26(23)34-24/h1-7,10-15,24H,8-9,16-21H2/t24-/m1/s1/i16+2. The zero-order valence-electron chi connectivity index (χ0n) is 19.7. The maximum absolute atomic E-state index is 12.8. The van der Waals surface area contributed by atoms with E-state index in [0.29, 0.717) is 6.42 Å². The molecule has 3 aromatic rings. The molecule has 2 aliphatic heterocycles. The number of sulfonamides is 1. The molecule has 0 aromatic heterocycles. The van der Waals surface area contributed by atoms with E-state index in [1.165, 1.54) is 17.2 Å². The van der Waals surface area contributed by atoms with Crippen molar-refractivity contribution in [2.45, 2.75) is 43.2 Å². The predicted molar refractivity (Wildman–Crippen MR) is 135 cm³/mol. The van der Waals surface area contributed by atoms with E-state index in [1.54, 1.807) is 18.2 Å². The molecule has 1 amide bonds. The lowest BCUT2D eigenvalue weighted by Crippen LogP contribution is -2.38. The van der Waals surface area contributed by atoms with Crippen molar-refractivity contribution >= 4 is 15.9 Å². The Kier molecular flexibility index (Phi) is 6.88. The van der Waals surface area contributed by atoms with Crippen molar-refractivity contribution in [3.63, 3.8) is 0 Å². The van der Waals surface area contributed by atoms with Crippen LogP contribution in [-0.4, -0.2) is 49.3 Å². The molecule has 2 aliphatic rings. The minimum atomic E-state index is -3.75. The van der Waals surface area contributed by atoms with Gasteiger partial charge >= 0.3 is 0 Å². The predicted octanol–water partition coefficient (Wildman–Crippen LogP) is 4.51. The molecular formula is C28H30N2O4S. The van der Waals surface area contributed by atoms with Crippen LogP contribution in [0.1, 0.15) is 40.7 Å². The number of amides is 1. The molecule has 0 radical (unpaired) electrons. The van der Waals surface area contributed by atoms with E-state index in [-0.39, 0.29) is 23.1 Å². The summed E-state index contributed by atoms with van der Waals surface area (Å²) in [4.78, 5) is 15.2. The number of nitrogens with zero attached hydrogens (tertiary/aromatic N) is 2. The Labute approximate surface area is 207 Å². The maximum Gasteiger partial charge on any atom is 0.269 e. The van der Waals surface area contributed by atoms with Crippen LogP contribution < -0.4 is 4.74 Å². The highest BCUT2D eigenvalue weighted by Gasteiger charge is 2.40. The fraction of sp³-hybridized carbons (Fsp3) is 0.321. The lowest BCUT2D eigenvalue weighted by Gasteiger charge is -2.31. The zero-order chi connectivity index (χ0) is 24.3. The second-order valence-electron chi connectivity index (χ2n) is 9.19. The molecule has 0 bridgehead atoms. The zero-order valence-corrected chi connectivity index (χ0v) is 20.5. The van der Waals surface area contributed by atoms with Crippen molar-refractivity contribution in [1.29, 1.82) is 0 Å². The van der Waals surface area contributed by atoms with E-state index >= 15 is 0 Å². The first-order chi connectivity index (χ1) is 17.0. The van der Waals surface area contributed by atoms with Gasteiger partial charge in [-0.3, -0.25) is 9.69 Å². The van der Waals surface area contributed by atoms with Gasteiger partial charge < -0.3 is 4.74 Å². The molecular weight excluding hydrogens is 462 g/mol. The average molecular weight is 493 g/mol. The molecule has 0 unspecified atom stereocenters. The molecule has 7 heteroatoms. The molecule has 0 aliphatic carbocycles. The van der Waals surface area contributed by atoms with Crippen LogP contribution in [-0.2, 0) is 23.0 Å². The van der Waals surface area contributed by atoms with Gasteiger partial charge in [-0.05, 0) is 61.6 Å². The van der Waals surface area contributed by atoms with Crippen molar-refractivity contribution in [3.8, 4) is 5.75 Å². The van der Waals surface area contributed by atoms with Gasteiger partial charge in [-0.15, -0.1) is 0 Å². The van der Waals surface area contributed by atoms with Crippen LogP contribution in [0.3, 0.4) is 0 Å². The first-order valence-electron chi connectivity index (χ1n) is 12.2. The monoisotopic (exact) mass is 492 g/mol. The number of carbonyl (C=O) groups excluding carboxylic acids is 1. The highest BCUT2D eigenvalue weighted by atomic mass is 32.2. The number of fused-ring (bicyclic) bond motifs is 2. The fourth-order valence-corrected chi connectivity index (χ4v) is 6.52. The van der Waals surface area contributed by atoms with Gasteiger partial charge in [0.25, 0.3) is 15.9 Å². The number of unbranched alkanes of at least 4 members (excludes halogenated alkanes) is 1. The smallest absolute Gasteiger partial charge is 0.269 e. The third kappa shape index (κ3) is 5.11. The number of carbonyl (C=O) groups is 1. The van der Waals surface area contributed by atoms with Gasteiger partial charge in [-0.25, -0.2) is 12.7 Å². The minimum absolute atomic E-state index is 0.114. The molecule has 0 spiro atoms. The first kappa shape index (κ1) is 23.6. The summed E-state index contributed by atoms with van der Waals surface area (Å²) in [6.45, 7) is 2.60. The molecule has 0 saturated carbocycles. The third-order valence-electron chi connectivity index (χ3n) is 6.71. The summed E-state index contributed by atoms with van der Waals surface area (Å²) in [6.07, 6.45) is 3.49. The molecule has 1 atom stereocenters. The van der Waals surface area contributed by atoms with Gasteiger partial charge in [0, 0.05) is 19.6 Å². The summed E-state index contributed by atoms with van der Waals surface area (Å²) >= 11 is 0. The van der Waals surface area contributed by atoms with Crippen LogP contribution in [0, 0.1) is 0 Å². The van der Waals surface area contributed by atoms with Gasteiger partial charge in [0.2, 0.25) is 0 Å². The van der Waals surface area contributed by atoms with Crippen LogP contribution in [0.4, 0.5) is 0 Å². The Morgan fingerprint density at radius 3 is 2.51 bits per heavy atom. The number of hydrogen-bond acceptors (Lipinski definition) is 5. The van der Waals surface area contributed by atoms with Gasteiger partial charge in [-0.1, -0.05) is 60.7 Å². The number of rotatable bonds is 9. The Bertz CT molecular complexity index is 1290. The number of ether oxygens (including phenoxy) is 1. The topological polar surface area (TPSA) is 66.9 Å². The van der Waals surface area contributed by atoms with E-state index in [0.717, 1.165) is 49.0 Å². The molecule has 5 rings (SSSR count). The summed E-state index contributed by atoms with van der Waals surface area (Å²) in [5.74, 6) is 0.553. The van der Waals surface area contributed by atoms with Gasteiger partial charge in [0.15, 0.2) is 0 Å². The Hall–Kier alpha value is -3.16. The molecule has 6 nitrogen and oxygen atoms in total. The van der Waals surface area contributed by atoms with Gasteiger partial charge in [-0.2, -0.15) is 0 Å². The van der Waals surface area contributed by atoms with E-state index in [9.17, 15) is 13.2 Å². The van der Waals surface area contributed by atoms with Crippen molar-refractivity contribution in [3.05, 3.63) is 95.6 Å². The highest BCUT2D eigenvalue weighted by Crippen LogP contribution is 2.30. The Balaban J connectivity index is 1.20. The molecule has 3 aromatic carbocycles. The van der Waals surface area contributed by atoms with Crippen LogP contribution in [0.25, 0.3) is 0 Å². The van der Waals surface area contributed by atoms with Crippen LogP contribution >= 0.6 is 0 Å². The van der Waals surface area contributed by atoms with Crippen molar-refractivity contribution < 1.29 is 17.9 Å². The van der Waals surface area contributed by atoms with Gasteiger partial charge in [0.05, 0.1) is 5.56 Å². The van der Waals surface area contributed by atoms with E-state index in [2.05, 4.69) is 23.1 Å². The normalized spacial score (nSPS) is 18.3. The quantitative estimate of drug-likeness (QED) is 0.411. The second-order valence-corrected chi connectivity index (χ2v) is 11.0. The van der Waals surface area contributed by atoms with E-state index in [4.69, 9.17) is 4.74 Å². The molecule has 0 saturated heterocycles. The van der Waals surface area contributed by atoms with Crippen molar-refractivity contribution in [2.24, 2.45) is 0 Å². The lowest BCUT2D eigenvalue weighted by molar-refractivity contribution is 0.0866. The average Bonchev–Trinajstić information content (AvgIpc) is 3.07. The maximum atomic E-state index is 12.8. The van der Waals surface area contributed by atoms with Crippen LogP contribution in [0.15, 0.2) is 83.8 Å². The number of aryl methyl sites for hydroxylation is 1. The number of benzene rings is 3. The largest absolute Gasteiger partial charge is 0.489 e. The number of para-hydroxylation sites is 1. The molecule has 0 fully saturated rings. The minimum Gasteiger partial charge on any atom is -0.489 e. The third-order valence-corrected chi connectivity index (χ3v) is 8.55. The summed E-state index contributed by atoms with van der Waals surface area (Å²) in [5, 5.41) is 0. The summed E-state index contributed by atoms with van der Waals surface area (Å²) in [6, 6.07) is 25.0. The van der Waals surface area contributed by atoms with E-state index in [1.807, 2.05) is 36.4 Å². The van der Waals surface area contributed by atoms with E-state index < -0.39 is 15.9 Å². The molecule has 2 heterocycles. The second kappa shape index (κ2) is 10.2. The lowest BCUT2D eigenvalue weighted by atomic mass is 10.1. The van der Waals surface area contributed by atoms with Crippen LogP contribution in [0.2, 0.25) is 0 Å². The fourth-order valence-electron chi connectivity index (χ4n) is 4.92. The molecule has 0 N–H and O–H groups in total. The van der Waals surface area contributed by atoms with Crippen molar-refractivity contribution in [1.82, 2.24) is 9.21 Å². The SMILES string of the molecule is O=C1c2ccccc2S(=O)(=O)N1CCCCN(Cc1ccccc1)C[C@H]1C[14CH2]c2ccccc2O1. The first-order valence-corrected chi connectivity index (χ1v) is 13.6. The summed E-state index contributed by atoms with van der Waals surface area (Å²) < 4.78 is 32.9. The molecule has 35 heavy (non-hydrogen) atoms. The summed E-state index contributed by atoms with van der Waals surface area (Å²) in [5.41, 5.74) is 2.76. The Morgan fingerprint density at radius 1 is 0.943 bits per heavy atom. The highest BCUT2D eigenvalue weighted by molar-refractivity contribution is 7.90. The Morgan fingerprint density at radius 2 is 1.69 bits per heavy atom. The summed E-state index contributed by atoms with van der Waals surface area (Å²) in [7, 11) is -3.75. The number of hydrogen-bond donors (Lipinski definition) is 0. The van der Waals surface area contributed by atoms with Crippen molar-refractivity contribution in [2.75, 3.05) is 19.6 Å². The van der Waals surface area contributed by atoms with Crippen LogP contribution in [0.5, 0.6) is 5.75 Å². The van der Waals surface area contributed by atoms with Gasteiger partial charge in [0.1, 0.15) is 16.7 Å². The molecule has 182 valence electrons.